The highest BCUT2D eigenvalue weighted by Crippen LogP contribution is 2.32. The smallest absolute Gasteiger partial charge is 0.478 e. The van der Waals surface area contributed by atoms with Crippen LogP contribution in [0.15, 0.2) is 47.4 Å². The van der Waals surface area contributed by atoms with Crippen LogP contribution in [0.2, 0.25) is 0 Å². The van der Waals surface area contributed by atoms with Gasteiger partial charge in [0.05, 0.1) is 21.8 Å². The zero-order chi connectivity index (χ0) is 30.4. The van der Waals surface area contributed by atoms with Gasteiger partial charge in [-0.15, -0.1) is 0 Å². The minimum Gasteiger partial charge on any atom is -0.478 e. The molecule has 0 unspecified atom stereocenters. The van der Waals surface area contributed by atoms with Gasteiger partial charge in [0.15, 0.2) is 0 Å². The maximum atomic E-state index is 13.2. The van der Waals surface area contributed by atoms with Crippen molar-refractivity contribution in [3.8, 4) is 0 Å². The van der Waals surface area contributed by atoms with Crippen LogP contribution in [0.25, 0.3) is 0 Å². The van der Waals surface area contributed by atoms with E-state index in [0.717, 1.165) is 37.4 Å². The van der Waals surface area contributed by atoms with E-state index in [0.29, 0.717) is 17.6 Å². The number of anilines is 2. The number of carbonyl (C=O) groups is 2. The van der Waals surface area contributed by atoms with Crippen LogP contribution in [-0.4, -0.2) is 73.9 Å². The summed E-state index contributed by atoms with van der Waals surface area (Å²) < 4.78 is 60.8. The summed E-state index contributed by atoms with van der Waals surface area (Å²) in [5.74, 6) is -3.54. The van der Waals surface area contributed by atoms with Gasteiger partial charge in [-0.3, -0.25) is 9.62 Å². The number of alkyl halides is 3. The van der Waals surface area contributed by atoms with Crippen LogP contribution >= 0.6 is 0 Å². The average molecular weight is 600 g/mol. The summed E-state index contributed by atoms with van der Waals surface area (Å²) in [5.41, 5.74) is 2.13. The minimum atomic E-state index is -5.08. The lowest BCUT2D eigenvalue weighted by molar-refractivity contribution is -0.192. The normalized spacial score (nSPS) is 17.1. The molecule has 2 aromatic carbocycles. The maximum Gasteiger partial charge on any atom is 0.490 e. The minimum absolute atomic E-state index is 0.0532. The lowest BCUT2D eigenvalue weighted by Gasteiger charge is -2.42. The first-order valence-corrected chi connectivity index (χ1v) is 15.0. The summed E-state index contributed by atoms with van der Waals surface area (Å²) in [6.07, 6.45) is 1.36. The van der Waals surface area contributed by atoms with Gasteiger partial charge in [0.25, 0.3) is 10.0 Å². The van der Waals surface area contributed by atoms with E-state index in [1.807, 2.05) is 12.1 Å². The van der Waals surface area contributed by atoms with Crippen molar-refractivity contribution in [1.29, 1.82) is 0 Å². The topological polar surface area (TPSA) is 127 Å². The third-order valence-electron chi connectivity index (χ3n) is 7.33. The van der Waals surface area contributed by atoms with Crippen LogP contribution in [0.4, 0.5) is 24.5 Å². The van der Waals surface area contributed by atoms with Crippen molar-refractivity contribution in [2.45, 2.75) is 69.0 Å². The predicted octanol–water partition coefficient (Wildman–Crippen LogP) is 5.40. The van der Waals surface area contributed by atoms with Crippen LogP contribution in [0, 0.1) is 0 Å². The summed E-state index contributed by atoms with van der Waals surface area (Å²) in [6, 6.07) is 12.2. The molecule has 0 aromatic heterocycles. The molecule has 41 heavy (non-hydrogen) atoms. The van der Waals surface area contributed by atoms with E-state index < -0.39 is 28.1 Å². The quantitative estimate of drug-likeness (QED) is 0.386. The van der Waals surface area contributed by atoms with Crippen molar-refractivity contribution in [2.24, 2.45) is 0 Å². The summed E-state index contributed by atoms with van der Waals surface area (Å²) >= 11 is 0. The number of benzene rings is 2. The van der Waals surface area contributed by atoms with E-state index in [1.165, 1.54) is 38.2 Å². The van der Waals surface area contributed by atoms with Gasteiger partial charge in [0.1, 0.15) is 0 Å². The Kier molecular flexibility index (Phi) is 10.6. The first-order valence-electron chi connectivity index (χ1n) is 13.5. The van der Waals surface area contributed by atoms with Crippen LogP contribution in [0.1, 0.15) is 67.8 Å². The molecule has 2 aromatic rings. The zero-order valence-corrected chi connectivity index (χ0v) is 23.8. The largest absolute Gasteiger partial charge is 0.490 e. The number of carboxylic acid groups (broad SMARTS) is 2. The molecule has 1 aliphatic carbocycles. The second-order valence-electron chi connectivity index (χ2n) is 10.5. The molecule has 3 N–H and O–H groups in total. The molecular weight excluding hydrogens is 563 g/mol. The molecule has 1 saturated carbocycles. The van der Waals surface area contributed by atoms with Gasteiger partial charge in [0, 0.05) is 32.2 Å². The van der Waals surface area contributed by atoms with Crippen LogP contribution in [0.3, 0.4) is 0 Å². The van der Waals surface area contributed by atoms with Crippen molar-refractivity contribution in [3.05, 3.63) is 53.6 Å². The predicted molar refractivity (Wildman–Crippen MR) is 149 cm³/mol. The molecule has 9 nitrogen and oxygen atoms in total. The number of nitrogens with one attached hydrogen (secondary N) is 1. The summed E-state index contributed by atoms with van der Waals surface area (Å²) in [5, 5.41) is 16.6. The monoisotopic (exact) mass is 599 g/mol. The molecule has 0 bridgehead atoms. The van der Waals surface area contributed by atoms with Crippen molar-refractivity contribution in [1.82, 2.24) is 4.90 Å². The number of hydrogen-bond acceptors (Lipinski definition) is 6. The Morgan fingerprint density at radius 3 is 1.98 bits per heavy atom. The first kappa shape index (κ1) is 32.2. The highest BCUT2D eigenvalue weighted by Gasteiger charge is 2.38. The number of halogens is 3. The molecule has 0 radical (unpaired) electrons. The van der Waals surface area contributed by atoms with E-state index in [9.17, 15) is 31.5 Å². The number of nitrogens with zero attached hydrogens (tertiary/aromatic N) is 2. The van der Waals surface area contributed by atoms with E-state index in [-0.39, 0.29) is 10.5 Å². The highest BCUT2D eigenvalue weighted by atomic mass is 32.2. The molecule has 4 rings (SSSR count). The van der Waals surface area contributed by atoms with Crippen molar-refractivity contribution < 1.29 is 41.4 Å². The van der Waals surface area contributed by atoms with Crippen molar-refractivity contribution in [3.63, 3.8) is 0 Å². The van der Waals surface area contributed by atoms with Gasteiger partial charge in [-0.25, -0.2) is 18.0 Å². The molecule has 226 valence electrons. The van der Waals surface area contributed by atoms with Crippen molar-refractivity contribution in [2.75, 3.05) is 35.8 Å². The number of hydrogen-bond donors (Lipinski definition) is 3. The summed E-state index contributed by atoms with van der Waals surface area (Å²) in [7, 11) is -3.87. The Hall–Kier alpha value is -3.32. The molecule has 0 atom stereocenters. The number of piperazine rings is 1. The Morgan fingerprint density at radius 2 is 1.49 bits per heavy atom. The molecule has 13 heteroatoms. The van der Waals surface area contributed by atoms with Gasteiger partial charge in [-0.1, -0.05) is 45.2 Å². The van der Waals surface area contributed by atoms with E-state index >= 15 is 0 Å². The number of aliphatic carboxylic acids is 1. The fraction of sp³-hybridized carbons (Fsp3) is 0.500. The lowest BCUT2D eigenvalue weighted by atomic mass is 9.94. The number of carboxylic acids is 2. The summed E-state index contributed by atoms with van der Waals surface area (Å²) in [6.45, 7) is 7.52. The molecular formula is C28H36F3N3O6S. The second kappa shape index (κ2) is 13.6. The molecule has 2 fully saturated rings. The second-order valence-corrected chi connectivity index (χ2v) is 12.2. The van der Waals surface area contributed by atoms with Crippen LogP contribution < -0.4 is 9.62 Å². The summed E-state index contributed by atoms with van der Waals surface area (Å²) in [4.78, 5) is 25.4. The van der Waals surface area contributed by atoms with Gasteiger partial charge in [-0.05, 0) is 54.7 Å². The third-order valence-corrected chi connectivity index (χ3v) is 8.71. The molecule has 2 aliphatic rings. The molecule has 1 aliphatic heterocycles. The lowest BCUT2D eigenvalue weighted by Crippen LogP contribution is -2.51. The fourth-order valence-electron chi connectivity index (χ4n) is 5.04. The zero-order valence-electron chi connectivity index (χ0n) is 23.0. The third kappa shape index (κ3) is 8.83. The number of rotatable bonds is 7. The highest BCUT2D eigenvalue weighted by molar-refractivity contribution is 7.92. The van der Waals surface area contributed by atoms with E-state index in [4.69, 9.17) is 9.90 Å². The SMILES string of the molecule is CC(C)c1ccc(S(=O)(=O)Nc2cc(C(=O)O)ccc2N2CCN(C3CCCCC3)CC2)cc1.O=C(O)C(F)(F)F. The molecule has 0 spiro atoms. The number of sulfonamides is 1. The average Bonchev–Trinajstić information content (AvgIpc) is 2.93. The Morgan fingerprint density at radius 1 is 0.927 bits per heavy atom. The van der Waals surface area contributed by atoms with Gasteiger partial charge < -0.3 is 15.1 Å². The van der Waals surface area contributed by atoms with Gasteiger partial charge in [-0.2, -0.15) is 13.2 Å². The van der Waals surface area contributed by atoms with E-state index in [1.54, 1.807) is 24.3 Å². The fourth-order valence-corrected chi connectivity index (χ4v) is 6.10. The molecule has 1 heterocycles. The number of aromatic carboxylic acids is 1. The molecule has 1 saturated heterocycles. The molecule has 0 amide bonds. The Balaban J connectivity index is 0.000000587. The Bertz CT molecular complexity index is 1300. The Labute approximate surface area is 238 Å². The van der Waals surface area contributed by atoms with Gasteiger partial charge >= 0.3 is 18.1 Å². The van der Waals surface area contributed by atoms with Crippen LogP contribution in [-0.2, 0) is 14.8 Å². The maximum absolute atomic E-state index is 13.2. The van der Waals surface area contributed by atoms with Gasteiger partial charge in [0.2, 0.25) is 0 Å². The standard InChI is InChI=1S/C26H35N3O4S.C2HF3O2/c1-19(2)20-8-11-23(12-9-20)34(32,33)27-24-18-21(26(30)31)10-13-25(24)29-16-14-28(15-17-29)22-6-4-3-5-7-22;3-2(4,5)1(6)7/h8-13,18-19,22,27H,3-7,14-17H2,1-2H3,(H,30,31);(H,6,7). The van der Waals surface area contributed by atoms with Crippen molar-refractivity contribution >= 4 is 33.3 Å². The van der Waals surface area contributed by atoms with E-state index in [2.05, 4.69) is 28.4 Å². The first-order chi connectivity index (χ1) is 19.2. The van der Waals surface area contributed by atoms with Crippen LogP contribution in [0.5, 0.6) is 0 Å².